The molecule has 0 aliphatic rings. The van der Waals surface area contributed by atoms with Crippen LogP contribution in [0.15, 0.2) is 12.3 Å². The second-order valence-electron chi connectivity index (χ2n) is 3.59. The summed E-state index contributed by atoms with van der Waals surface area (Å²) in [7, 11) is 1.71. The Kier molecular flexibility index (Phi) is 4.59. The molecule has 1 aromatic rings. The second-order valence-corrected chi connectivity index (χ2v) is 4.00. The lowest BCUT2D eigenvalue weighted by atomic mass is 10.2. The van der Waals surface area contributed by atoms with Crippen LogP contribution in [0.1, 0.15) is 12.0 Å². The van der Waals surface area contributed by atoms with Crippen LogP contribution in [0.3, 0.4) is 0 Å². The van der Waals surface area contributed by atoms with E-state index in [1.54, 1.807) is 11.9 Å². The molecule has 17 heavy (non-hydrogen) atoms. The van der Waals surface area contributed by atoms with Gasteiger partial charge in [0.25, 0.3) is 0 Å². The first-order valence-electron chi connectivity index (χ1n) is 5.00. The molecule has 2 N–H and O–H groups in total. The number of pyridine rings is 1. The zero-order valence-electron chi connectivity index (χ0n) is 9.26. The quantitative estimate of drug-likeness (QED) is 0.912. The van der Waals surface area contributed by atoms with Crippen molar-refractivity contribution in [1.29, 1.82) is 0 Å². The molecule has 0 aliphatic heterocycles. The van der Waals surface area contributed by atoms with Crippen molar-refractivity contribution in [3.8, 4) is 0 Å². The van der Waals surface area contributed by atoms with Crippen molar-refractivity contribution >= 4 is 17.4 Å². The summed E-state index contributed by atoms with van der Waals surface area (Å²) in [6.07, 6.45) is -2.93. The van der Waals surface area contributed by atoms with Crippen molar-refractivity contribution in [3.05, 3.63) is 22.8 Å². The molecule has 0 spiro atoms. The molecule has 0 aromatic carbocycles. The highest BCUT2D eigenvalue weighted by atomic mass is 35.5. The van der Waals surface area contributed by atoms with Crippen LogP contribution in [-0.4, -0.2) is 25.1 Å². The monoisotopic (exact) mass is 267 g/mol. The SMILES string of the molecule is CN(CCCN)c1ncc(C(F)(F)F)cc1Cl. The maximum absolute atomic E-state index is 12.4. The van der Waals surface area contributed by atoms with Gasteiger partial charge in [0.15, 0.2) is 0 Å². The maximum atomic E-state index is 12.4. The summed E-state index contributed by atoms with van der Waals surface area (Å²) in [5.41, 5.74) is 4.50. The molecule has 1 rings (SSSR count). The minimum absolute atomic E-state index is 0.0145. The molecular weight excluding hydrogens is 255 g/mol. The standard InChI is InChI=1S/C10H13ClF3N3/c1-17(4-2-3-15)9-8(11)5-7(6-16-9)10(12,13)14/h5-6H,2-4,15H2,1H3. The zero-order valence-corrected chi connectivity index (χ0v) is 10.0. The third-order valence-corrected chi connectivity index (χ3v) is 2.49. The van der Waals surface area contributed by atoms with E-state index in [0.717, 1.165) is 18.7 Å². The van der Waals surface area contributed by atoms with Gasteiger partial charge < -0.3 is 10.6 Å². The summed E-state index contributed by atoms with van der Waals surface area (Å²) in [4.78, 5) is 5.41. The molecular formula is C10H13ClF3N3. The molecule has 0 saturated carbocycles. The van der Waals surface area contributed by atoms with E-state index in [-0.39, 0.29) is 5.02 Å². The first kappa shape index (κ1) is 14.1. The van der Waals surface area contributed by atoms with Crippen LogP contribution in [-0.2, 0) is 6.18 Å². The molecule has 3 nitrogen and oxygen atoms in total. The van der Waals surface area contributed by atoms with E-state index in [9.17, 15) is 13.2 Å². The van der Waals surface area contributed by atoms with Crippen LogP contribution in [0, 0.1) is 0 Å². The molecule has 0 unspecified atom stereocenters. The number of nitrogens with two attached hydrogens (primary N) is 1. The van der Waals surface area contributed by atoms with Gasteiger partial charge in [0, 0.05) is 19.8 Å². The fourth-order valence-electron chi connectivity index (χ4n) is 1.30. The van der Waals surface area contributed by atoms with Crippen LogP contribution in [0.2, 0.25) is 5.02 Å². The number of rotatable bonds is 4. The first-order valence-corrected chi connectivity index (χ1v) is 5.38. The average Bonchev–Trinajstić information content (AvgIpc) is 2.24. The third-order valence-electron chi connectivity index (χ3n) is 2.21. The van der Waals surface area contributed by atoms with Crippen molar-refractivity contribution < 1.29 is 13.2 Å². The van der Waals surface area contributed by atoms with Gasteiger partial charge in [0.05, 0.1) is 10.6 Å². The molecule has 7 heteroatoms. The highest BCUT2D eigenvalue weighted by Crippen LogP contribution is 2.33. The summed E-state index contributed by atoms with van der Waals surface area (Å²) in [5.74, 6) is 0.327. The van der Waals surface area contributed by atoms with Crippen molar-refractivity contribution in [1.82, 2.24) is 4.98 Å². The number of hydrogen-bond acceptors (Lipinski definition) is 3. The molecule has 0 bridgehead atoms. The van der Waals surface area contributed by atoms with Crippen LogP contribution < -0.4 is 10.6 Å². The molecule has 0 radical (unpaired) electrons. The van der Waals surface area contributed by atoms with Gasteiger partial charge in [0.2, 0.25) is 0 Å². The van der Waals surface area contributed by atoms with Gasteiger partial charge in [-0.15, -0.1) is 0 Å². The number of nitrogens with zero attached hydrogens (tertiary/aromatic N) is 2. The van der Waals surface area contributed by atoms with Crippen molar-refractivity contribution in [2.75, 3.05) is 25.0 Å². The number of aromatic nitrogens is 1. The maximum Gasteiger partial charge on any atom is 0.417 e. The summed E-state index contributed by atoms with van der Waals surface area (Å²) < 4.78 is 37.1. The lowest BCUT2D eigenvalue weighted by molar-refractivity contribution is -0.137. The summed E-state index contributed by atoms with van der Waals surface area (Å²) in [6.45, 7) is 1.09. The van der Waals surface area contributed by atoms with Gasteiger partial charge >= 0.3 is 6.18 Å². The van der Waals surface area contributed by atoms with Crippen LogP contribution in [0.25, 0.3) is 0 Å². The third kappa shape index (κ3) is 3.74. The predicted molar refractivity (Wildman–Crippen MR) is 61.2 cm³/mol. The molecule has 0 aliphatic carbocycles. The summed E-state index contributed by atoms with van der Waals surface area (Å²) in [5, 5.41) is -0.0145. The van der Waals surface area contributed by atoms with Gasteiger partial charge in [-0.25, -0.2) is 4.98 Å². The Balaban J connectivity index is 2.90. The van der Waals surface area contributed by atoms with E-state index in [1.807, 2.05) is 0 Å². The van der Waals surface area contributed by atoms with Gasteiger partial charge in [0.1, 0.15) is 5.82 Å². The summed E-state index contributed by atoms with van der Waals surface area (Å²) >= 11 is 5.77. The Morgan fingerprint density at radius 1 is 1.47 bits per heavy atom. The van der Waals surface area contributed by atoms with Crippen LogP contribution in [0.4, 0.5) is 19.0 Å². The molecule has 0 fully saturated rings. The van der Waals surface area contributed by atoms with E-state index in [4.69, 9.17) is 17.3 Å². The Hall–Kier alpha value is -1.01. The van der Waals surface area contributed by atoms with E-state index in [2.05, 4.69) is 4.98 Å². The highest BCUT2D eigenvalue weighted by Gasteiger charge is 2.31. The molecule has 96 valence electrons. The van der Waals surface area contributed by atoms with E-state index >= 15 is 0 Å². The second kappa shape index (κ2) is 5.55. The van der Waals surface area contributed by atoms with Crippen molar-refractivity contribution in [2.45, 2.75) is 12.6 Å². The minimum Gasteiger partial charge on any atom is -0.358 e. The molecule has 1 aromatic heterocycles. The van der Waals surface area contributed by atoms with Gasteiger partial charge in [-0.1, -0.05) is 11.6 Å². The molecule has 0 atom stereocenters. The normalized spacial score (nSPS) is 11.6. The van der Waals surface area contributed by atoms with Crippen molar-refractivity contribution in [3.63, 3.8) is 0 Å². The topological polar surface area (TPSA) is 42.1 Å². The minimum atomic E-state index is -4.43. The summed E-state index contributed by atoms with van der Waals surface area (Å²) in [6, 6.07) is 0.878. The van der Waals surface area contributed by atoms with Gasteiger partial charge in [-0.2, -0.15) is 13.2 Å². The van der Waals surface area contributed by atoms with Gasteiger partial charge in [-0.05, 0) is 19.0 Å². The van der Waals surface area contributed by atoms with Crippen molar-refractivity contribution in [2.24, 2.45) is 5.73 Å². The molecule has 0 amide bonds. The largest absolute Gasteiger partial charge is 0.417 e. The van der Waals surface area contributed by atoms with E-state index in [1.165, 1.54) is 0 Å². The predicted octanol–water partition coefficient (Wildman–Crippen LogP) is 2.54. The average molecular weight is 268 g/mol. The zero-order chi connectivity index (χ0) is 13.1. The number of hydrogen-bond donors (Lipinski definition) is 1. The van der Waals surface area contributed by atoms with Gasteiger partial charge in [-0.3, -0.25) is 0 Å². The fraction of sp³-hybridized carbons (Fsp3) is 0.500. The molecule has 1 heterocycles. The lowest BCUT2D eigenvalue weighted by Gasteiger charge is -2.19. The Morgan fingerprint density at radius 3 is 2.59 bits per heavy atom. The highest BCUT2D eigenvalue weighted by molar-refractivity contribution is 6.33. The van der Waals surface area contributed by atoms with E-state index < -0.39 is 11.7 Å². The lowest BCUT2D eigenvalue weighted by Crippen LogP contribution is -2.22. The number of alkyl halides is 3. The van der Waals surface area contributed by atoms with E-state index in [0.29, 0.717) is 18.9 Å². The number of anilines is 1. The van der Waals surface area contributed by atoms with Crippen LogP contribution >= 0.6 is 11.6 Å². The van der Waals surface area contributed by atoms with Crippen LogP contribution in [0.5, 0.6) is 0 Å². The first-order chi connectivity index (χ1) is 7.86. The Labute approximate surface area is 102 Å². The number of halogens is 4. The molecule has 0 saturated heterocycles. The smallest absolute Gasteiger partial charge is 0.358 e. The Bertz CT molecular complexity index is 382. The Morgan fingerprint density at radius 2 is 2.12 bits per heavy atom. The fourth-order valence-corrected chi connectivity index (χ4v) is 1.61.